The van der Waals surface area contributed by atoms with Crippen molar-refractivity contribution in [3.63, 3.8) is 0 Å². The summed E-state index contributed by atoms with van der Waals surface area (Å²) in [6, 6.07) is 0. The third-order valence-electron chi connectivity index (χ3n) is 2.14. The Labute approximate surface area is 95.8 Å². The number of hydrogen-bond acceptors (Lipinski definition) is 3. The fraction of sp³-hybridized carbons (Fsp3) is 1.00. The van der Waals surface area contributed by atoms with Crippen LogP contribution in [0.2, 0.25) is 0 Å². The Morgan fingerprint density at radius 1 is 0.733 bits per heavy atom. The van der Waals surface area contributed by atoms with Gasteiger partial charge in [-0.2, -0.15) is 0 Å². The zero-order valence-corrected chi connectivity index (χ0v) is 10.4. The van der Waals surface area contributed by atoms with Crippen molar-refractivity contribution < 1.29 is 14.6 Å². The monoisotopic (exact) mass is 216 g/mol. The fourth-order valence-corrected chi connectivity index (χ4v) is 1.25. The maximum Gasteiger partial charge on any atom is 0.421 e. The third-order valence-corrected chi connectivity index (χ3v) is 2.14. The predicted octanol–water partition coefficient (Wildman–Crippen LogP) is 1.67. The predicted molar refractivity (Wildman–Crippen MR) is 68.1 cm³/mol. The summed E-state index contributed by atoms with van der Waals surface area (Å²) in [5.74, 6) is 0. The summed E-state index contributed by atoms with van der Waals surface area (Å²) in [5.41, 5.74) is 0. The third kappa shape index (κ3) is 24.9. The van der Waals surface area contributed by atoms with E-state index in [9.17, 15) is 0 Å². The van der Waals surface area contributed by atoms with Gasteiger partial charge in [-0.3, -0.25) is 0 Å². The Morgan fingerprint density at radius 3 is 1.27 bits per heavy atom. The van der Waals surface area contributed by atoms with E-state index >= 15 is 0 Å². The second-order valence-corrected chi connectivity index (χ2v) is 3.58. The topological polar surface area (TPSA) is 49.7 Å². The van der Waals surface area contributed by atoms with E-state index in [0.717, 1.165) is 0 Å². The van der Waals surface area contributed by atoms with Gasteiger partial charge >= 0.3 is 15.4 Å². The van der Waals surface area contributed by atoms with Gasteiger partial charge < -0.3 is 14.6 Å². The first-order chi connectivity index (χ1) is 7.33. The molecular formula is C10H26B2O3. The van der Waals surface area contributed by atoms with Crippen LogP contribution in [-0.4, -0.2) is 25.4 Å². The highest BCUT2D eigenvalue weighted by molar-refractivity contribution is 6.32. The summed E-state index contributed by atoms with van der Waals surface area (Å²) in [5, 5.41) is 15.4. The zero-order valence-electron chi connectivity index (χ0n) is 10.4. The van der Waals surface area contributed by atoms with Gasteiger partial charge in [-0.15, -0.1) is 0 Å². The van der Waals surface area contributed by atoms with Crippen LogP contribution in [0.3, 0.4) is 0 Å². The molecule has 0 aromatic rings. The van der Waals surface area contributed by atoms with Crippen molar-refractivity contribution in [2.45, 2.75) is 65.2 Å². The number of hydrogen-bond donors (Lipinski definition) is 2. The average Bonchev–Trinajstić information content (AvgIpc) is 2.25. The Hall–Kier alpha value is 0.00987. The molecule has 0 rings (SSSR count). The first-order valence-electron chi connectivity index (χ1n) is 6.12. The Balaban J connectivity index is 0. The molecule has 0 saturated carbocycles. The molecule has 0 aromatic heterocycles. The molecule has 0 aliphatic rings. The van der Waals surface area contributed by atoms with Gasteiger partial charge in [0.05, 0.1) is 0 Å². The maximum absolute atomic E-state index is 7.68. The van der Waals surface area contributed by atoms with Crippen LogP contribution in [0.4, 0.5) is 0 Å². The molecule has 0 aromatic carbocycles. The van der Waals surface area contributed by atoms with E-state index < -0.39 is 15.4 Å². The van der Waals surface area contributed by atoms with Crippen LogP contribution in [0.25, 0.3) is 0 Å². The molecule has 0 amide bonds. The van der Waals surface area contributed by atoms with Crippen LogP contribution in [0.1, 0.15) is 65.2 Å². The first-order valence-corrected chi connectivity index (χ1v) is 6.12. The molecule has 15 heavy (non-hydrogen) atoms. The molecule has 0 fully saturated rings. The van der Waals surface area contributed by atoms with Crippen molar-refractivity contribution in [3.05, 3.63) is 0 Å². The summed E-state index contributed by atoms with van der Waals surface area (Å²) in [6.07, 6.45) is 11.5. The van der Waals surface area contributed by atoms with E-state index in [-0.39, 0.29) is 0 Å². The fourth-order valence-electron chi connectivity index (χ4n) is 1.25. The zero-order chi connectivity index (χ0) is 11.8. The second kappa shape index (κ2) is 19.6. The normalized spacial score (nSPS) is 9.07. The SMILES string of the molecule is CCCCCCCCCC.OBOBO. The van der Waals surface area contributed by atoms with Gasteiger partial charge in [-0.05, 0) is 0 Å². The molecule has 0 spiro atoms. The van der Waals surface area contributed by atoms with Crippen molar-refractivity contribution in [3.8, 4) is 0 Å². The minimum Gasteiger partial charge on any atom is -0.457 e. The van der Waals surface area contributed by atoms with Crippen LogP contribution < -0.4 is 0 Å². The minimum absolute atomic E-state index is 0.406. The van der Waals surface area contributed by atoms with Gasteiger partial charge in [-0.1, -0.05) is 65.2 Å². The smallest absolute Gasteiger partial charge is 0.421 e. The summed E-state index contributed by atoms with van der Waals surface area (Å²) in [6.45, 7) is 4.54. The second-order valence-electron chi connectivity index (χ2n) is 3.58. The molecule has 0 unspecified atom stereocenters. The van der Waals surface area contributed by atoms with Crippen molar-refractivity contribution in [1.82, 2.24) is 0 Å². The van der Waals surface area contributed by atoms with Gasteiger partial charge in [0.1, 0.15) is 0 Å². The molecule has 5 heteroatoms. The van der Waals surface area contributed by atoms with E-state index in [1.165, 1.54) is 51.4 Å². The van der Waals surface area contributed by atoms with Crippen LogP contribution in [0, 0.1) is 0 Å². The highest BCUT2D eigenvalue weighted by Crippen LogP contribution is 2.07. The highest BCUT2D eigenvalue weighted by Gasteiger charge is 1.87. The minimum atomic E-state index is -0.406. The van der Waals surface area contributed by atoms with E-state index in [0.29, 0.717) is 0 Å². The van der Waals surface area contributed by atoms with Gasteiger partial charge in [0.25, 0.3) is 0 Å². The quantitative estimate of drug-likeness (QED) is 0.455. The van der Waals surface area contributed by atoms with E-state index in [1.54, 1.807) is 0 Å². The summed E-state index contributed by atoms with van der Waals surface area (Å²) in [7, 11) is -0.812. The van der Waals surface area contributed by atoms with Crippen molar-refractivity contribution >= 4 is 15.4 Å². The molecule has 2 N–H and O–H groups in total. The Kier molecular flexibility index (Phi) is 22.7. The average molecular weight is 216 g/mol. The molecule has 0 bridgehead atoms. The molecular weight excluding hydrogens is 190 g/mol. The van der Waals surface area contributed by atoms with Crippen molar-refractivity contribution in [1.29, 1.82) is 0 Å². The van der Waals surface area contributed by atoms with Crippen LogP contribution >= 0.6 is 0 Å². The standard InChI is InChI=1S/C10H22.B2H4O3/c1-3-5-7-9-10-8-6-4-2;3-1-5-2-4/h3-10H2,1-2H3;1-4H. The van der Waals surface area contributed by atoms with Gasteiger partial charge in [-0.25, -0.2) is 0 Å². The van der Waals surface area contributed by atoms with Crippen molar-refractivity contribution in [2.75, 3.05) is 0 Å². The molecule has 0 atom stereocenters. The van der Waals surface area contributed by atoms with Gasteiger partial charge in [0, 0.05) is 0 Å². The molecule has 0 aliphatic carbocycles. The van der Waals surface area contributed by atoms with E-state index in [4.69, 9.17) is 10.0 Å². The van der Waals surface area contributed by atoms with Crippen LogP contribution in [0.15, 0.2) is 0 Å². The Bertz CT molecular complexity index is 84.7. The number of rotatable bonds is 9. The highest BCUT2D eigenvalue weighted by atomic mass is 16.5. The lowest BCUT2D eigenvalue weighted by molar-refractivity contribution is 0.408. The van der Waals surface area contributed by atoms with Crippen LogP contribution in [-0.2, 0) is 4.57 Å². The van der Waals surface area contributed by atoms with E-state index in [2.05, 4.69) is 18.4 Å². The van der Waals surface area contributed by atoms with Crippen molar-refractivity contribution in [2.24, 2.45) is 0 Å². The summed E-state index contributed by atoms with van der Waals surface area (Å²) < 4.78 is 3.94. The van der Waals surface area contributed by atoms with Gasteiger partial charge in [0.15, 0.2) is 0 Å². The Morgan fingerprint density at radius 2 is 1.07 bits per heavy atom. The summed E-state index contributed by atoms with van der Waals surface area (Å²) in [4.78, 5) is 0. The summed E-state index contributed by atoms with van der Waals surface area (Å²) >= 11 is 0. The van der Waals surface area contributed by atoms with Gasteiger partial charge in [0.2, 0.25) is 0 Å². The maximum atomic E-state index is 7.68. The van der Waals surface area contributed by atoms with Crippen LogP contribution in [0.5, 0.6) is 0 Å². The lowest BCUT2D eigenvalue weighted by Crippen LogP contribution is -2.00. The lowest BCUT2D eigenvalue weighted by Gasteiger charge is -1.97. The molecule has 90 valence electrons. The molecule has 3 nitrogen and oxygen atoms in total. The lowest BCUT2D eigenvalue weighted by atomic mass is 10.1. The number of unbranched alkanes of at least 4 members (excludes halogenated alkanes) is 7. The molecule has 0 radical (unpaired) electrons. The largest absolute Gasteiger partial charge is 0.457 e. The molecule has 0 aliphatic heterocycles. The first kappa shape index (κ1) is 17.4. The molecule has 0 heterocycles. The van der Waals surface area contributed by atoms with E-state index in [1.807, 2.05) is 0 Å². The molecule has 0 saturated heterocycles.